The van der Waals surface area contributed by atoms with E-state index >= 15 is 0 Å². The minimum atomic E-state index is -5.08. The molecule has 0 spiro atoms. The highest BCUT2D eigenvalue weighted by atomic mass is 32.2. The van der Waals surface area contributed by atoms with E-state index in [0.717, 1.165) is 18.4 Å². The molecule has 1 saturated heterocycles. The lowest BCUT2D eigenvalue weighted by Gasteiger charge is -2.13. The Kier molecular flexibility index (Phi) is 9.41. The highest BCUT2D eigenvalue weighted by Crippen LogP contribution is 2.33. The first-order chi connectivity index (χ1) is 15.9. The van der Waals surface area contributed by atoms with Gasteiger partial charge in [-0.25, -0.2) is 9.59 Å². The number of benzene rings is 1. The molecule has 0 radical (unpaired) electrons. The van der Waals surface area contributed by atoms with Crippen molar-refractivity contribution in [2.24, 2.45) is 5.73 Å². The van der Waals surface area contributed by atoms with Crippen LogP contribution in [0, 0.1) is 0 Å². The van der Waals surface area contributed by atoms with Crippen LogP contribution in [0.1, 0.15) is 29.0 Å². The van der Waals surface area contributed by atoms with Gasteiger partial charge in [0.25, 0.3) is 5.91 Å². The Balaban J connectivity index is 0.000000509. The SMILES string of the molecule is NCCCCN1C(=O)C(=Cc2ccc(-c3ccc(C(=O)O)cc3)o2)SC1=S.O=C(O)C(F)(F)F. The number of carbonyl (C=O) groups excluding carboxylic acids is 1. The van der Waals surface area contributed by atoms with Gasteiger partial charge in [0.15, 0.2) is 0 Å². The fourth-order valence-corrected chi connectivity index (χ4v) is 3.89. The summed E-state index contributed by atoms with van der Waals surface area (Å²) in [6, 6.07) is 9.95. The maximum Gasteiger partial charge on any atom is 0.490 e. The molecule has 2 aromatic rings. The largest absolute Gasteiger partial charge is 0.490 e. The lowest BCUT2D eigenvalue weighted by atomic mass is 10.1. The molecule has 0 saturated carbocycles. The van der Waals surface area contributed by atoms with Gasteiger partial charge in [0.1, 0.15) is 15.8 Å². The van der Waals surface area contributed by atoms with Gasteiger partial charge in [-0.1, -0.05) is 36.1 Å². The van der Waals surface area contributed by atoms with Crippen LogP contribution in [0.3, 0.4) is 0 Å². The van der Waals surface area contributed by atoms with Crippen LogP contribution in [0.5, 0.6) is 0 Å². The van der Waals surface area contributed by atoms with Crippen molar-refractivity contribution in [1.29, 1.82) is 0 Å². The van der Waals surface area contributed by atoms with Crippen LogP contribution in [-0.4, -0.2) is 56.5 Å². The number of hydrogen-bond acceptors (Lipinski definition) is 7. The fourth-order valence-electron chi connectivity index (χ4n) is 2.60. The second kappa shape index (κ2) is 11.8. The number of rotatable bonds is 7. The predicted molar refractivity (Wildman–Crippen MR) is 123 cm³/mol. The standard InChI is InChI=1S/C19H18N2O4S2.C2HF3O2/c20-9-1-2-10-21-17(22)16(27-19(21)26)11-14-7-8-15(25-14)12-3-5-13(6-4-12)18(23)24;3-2(4,5)1(6)7/h3-8,11H,1-2,9-10,20H2,(H,23,24);(H,6,7). The number of carboxylic acids is 2. The summed E-state index contributed by atoms with van der Waals surface area (Å²) in [6.45, 7) is 1.16. The average Bonchev–Trinajstić information content (AvgIpc) is 3.34. The zero-order valence-electron chi connectivity index (χ0n) is 17.4. The highest BCUT2D eigenvalue weighted by molar-refractivity contribution is 8.26. The molecule has 0 atom stereocenters. The summed E-state index contributed by atoms with van der Waals surface area (Å²) in [5, 5.41) is 16.1. The first kappa shape index (κ1) is 27.1. The Hall–Kier alpha value is -3.16. The van der Waals surface area contributed by atoms with E-state index in [4.69, 9.17) is 37.4 Å². The Morgan fingerprint density at radius 3 is 2.26 bits per heavy atom. The van der Waals surface area contributed by atoms with E-state index in [1.54, 1.807) is 35.2 Å². The van der Waals surface area contributed by atoms with Gasteiger partial charge in [-0.15, -0.1) is 0 Å². The lowest BCUT2D eigenvalue weighted by Crippen LogP contribution is -2.29. The van der Waals surface area contributed by atoms with Gasteiger partial charge in [-0.2, -0.15) is 13.2 Å². The second-order valence-corrected chi connectivity index (χ2v) is 8.39. The number of nitrogens with two attached hydrogens (primary N) is 1. The summed E-state index contributed by atoms with van der Waals surface area (Å²) in [4.78, 5) is 34.5. The molecule has 8 nitrogen and oxygen atoms in total. The quantitative estimate of drug-likeness (QED) is 0.281. The number of carboxylic acid groups (broad SMARTS) is 2. The zero-order valence-corrected chi connectivity index (χ0v) is 19.0. The molecule has 1 aromatic heterocycles. The summed E-state index contributed by atoms with van der Waals surface area (Å²) in [5.41, 5.74) is 6.46. The summed E-state index contributed by atoms with van der Waals surface area (Å²) in [7, 11) is 0. The Morgan fingerprint density at radius 2 is 1.74 bits per heavy atom. The number of nitrogens with zero attached hydrogens (tertiary/aromatic N) is 1. The number of carbonyl (C=O) groups is 3. The molecule has 1 fully saturated rings. The number of thioether (sulfide) groups is 1. The third-order valence-electron chi connectivity index (χ3n) is 4.27. The molecule has 1 amide bonds. The lowest BCUT2D eigenvalue weighted by molar-refractivity contribution is -0.192. The van der Waals surface area contributed by atoms with Crippen molar-refractivity contribution < 1.29 is 42.2 Å². The third-order valence-corrected chi connectivity index (χ3v) is 5.65. The van der Waals surface area contributed by atoms with E-state index in [0.29, 0.717) is 33.8 Å². The number of unbranched alkanes of at least 4 members (excludes halogenated alkanes) is 1. The van der Waals surface area contributed by atoms with Crippen molar-refractivity contribution >= 4 is 52.2 Å². The van der Waals surface area contributed by atoms with Gasteiger partial charge in [0, 0.05) is 18.2 Å². The maximum absolute atomic E-state index is 12.5. The molecule has 13 heteroatoms. The molecule has 0 bridgehead atoms. The summed E-state index contributed by atoms with van der Waals surface area (Å²) in [6.07, 6.45) is -1.75. The van der Waals surface area contributed by atoms with E-state index in [1.165, 1.54) is 23.9 Å². The van der Waals surface area contributed by atoms with Crippen molar-refractivity contribution in [3.63, 3.8) is 0 Å². The number of aliphatic carboxylic acids is 1. The molecular weight excluding hydrogens is 497 g/mol. The molecule has 0 aliphatic carbocycles. The molecule has 182 valence electrons. The number of aromatic carboxylic acids is 1. The number of hydrogen-bond donors (Lipinski definition) is 3. The minimum absolute atomic E-state index is 0.120. The average molecular weight is 517 g/mol. The van der Waals surface area contributed by atoms with Crippen LogP contribution >= 0.6 is 24.0 Å². The molecule has 0 unspecified atom stereocenters. The molecule has 3 rings (SSSR count). The smallest absolute Gasteiger partial charge is 0.478 e. The van der Waals surface area contributed by atoms with E-state index < -0.39 is 18.1 Å². The number of alkyl halides is 3. The van der Waals surface area contributed by atoms with Crippen molar-refractivity contribution in [3.8, 4) is 11.3 Å². The fraction of sp³-hybridized carbons (Fsp3) is 0.238. The Labute approximate surface area is 201 Å². The summed E-state index contributed by atoms with van der Waals surface area (Å²) in [5.74, 6) is -2.72. The van der Waals surface area contributed by atoms with Gasteiger partial charge < -0.3 is 20.4 Å². The topological polar surface area (TPSA) is 134 Å². The number of amides is 1. The maximum atomic E-state index is 12.5. The second-order valence-electron chi connectivity index (χ2n) is 6.72. The minimum Gasteiger partial charge on any atom is -0.478 e. The first-order valence-electron chi connectivity index (χ1n) is 9.63. The molecule has 4 N–H and O–H groups in total. The molecule has 1 aliphatic rings. The van der Waals surface area contributed by atoms with Crippen LogP contribution in [0.4, 0.5) is 13.2 Å². The molecule has 1 aliphatic heterocycles. The van der Waals surface area contributed by atoms with E-state index in [-0.39, 0.29) is 11.5 Å². The monoisotopic (exact) mass is 516 g/mol. The van der Waals surface area contributed by atoms with Crippen LogP contribution in [0.2, 0.25) is 0 Å². The van der Waals surface area contributed by atoms with Crippen LogP contribution < -0.4 is 5.73 Å². The molecule has 34 heavy (non-hydrogen) atoms. The number of halogens is 3. The summed E-state index contributed by atoms with van der Waals surface area (Å²) >= 11 is 6.55. The molecule has 2 heterocycles. The van der Waals surface area contributed by atoms with Crippen molar-refractivity contribution in [3.05, 3.63) is 52.6 Å². The highest BCUT2D eigenvalue weighted by Gasteiger charge is 2.38. The number of thiocarbonyl (C=S) groups is 1. The summed E-state index contributed by atoms with van der Waals surface area (Å²) < 4.78 is 38.1. The van der Waals surface area contributed by atoms with Crippen molar-refractivity contribution in [1.82, 2.24) is 4.90 Å². The Morgan fingerprint density at radius 1 is 1.12 bits per heavy atom. The van der Waals surface area contributed by atoms with Crippen LogP contribution in [0.15, 0.2) is 45.7 Å². The van der Waals surface area contributed by atoms with Gasteiger partial charge in [0.2, 0.25) is 0 Å². The van der Waals surface area contributed by atoms with Crippen LogP contribution in [0.25, 0.3) is 17.4 Å². The van der Waals surface area contributed by atoms with E-state index in [2.05, 4.69) is 0 Å². The molecule has 1 aromatic carbocycles. The van der Waals surface area contributed by atoms with Crippen LogP contribution in [-0.2, 0) is 9.59 Å². The Bertz CT molecular complexity index is 1100. The van der Waals surface area contributed by atoms with Crippen molar-refractivity contribution in [2.45, 2.75) is 19.0 Å². The normalized spacial score (nSPS) is 14.8. The van der Waals surface area contributed by atoms with Gasteiger partial charge in [-0.05, 0) is 43.7 Å². The first-order valence-corrected chi connectivity index (χ1v) is 10.9. The number of furan rings is 1. The zero-order chi connectivity index (χ0) is 25.5. The third kappa shape index (κ3) is 7.43. The predicted octanol–water partition coefficient (Wildman–Crippen LogP) is 4.22. The van der Waals surface area contributed by atoms with Gasteiger partial charge in [-0.3, -0.25) is 9.69 Å². The van der Waals surface area contributed by atoms with Gasteiger partial charge in [0.05, 0.1) is 10.5 Å². The van der Waals surface area contributed by atoms with E-state index in [1.807, 2.05) is 0 Å². The van der Waals surface area contributed by atoms with Gasteiger partial charge >= 0.3 is 18.1 Å². The van der Waals surface area contributed by atoms with E-state index in [9.17, 15) is 22.8 Å². The molecular formula is C21H19F3N2O6S2. The van der Waals surface area contributed by atoms with Crippen molar-refractivity contribution in [2.75, 3.05) is 13.1 Å².